The highest BCUT2D eigenvalue weighted by atomic mass is 15.2. The van der Waals surface area contributed by atoms with Crippen molar-refractivity contribution < 1.29 is 0 Å². The molecular formula is C65H51N5. The van der Waals surface area contributed by atoms with Crippen LogP contribution in [0.25, 0.3) is 55.7 Å². The fraction of sp³-hybridized carbons (Fsp3) is 0.138. The van der Waals surface area contributed by atoms with Crippen molar-refractivity contribution in [2.45, 2.75) is 56.8 Å². The molecule has 0 amide bonds. The standard InChI is InChI=1S/C65H51N5/c1-65(2)61-17-7-6-16-57(61)58-36-60-59-35-48(18-19-63(59)70(64(60)37-62(58)65)56-14-4-3-5-15-56)51-31-49(44-10-8-12-46(28-44)54-33-52(38-68-40-54)42-20-24-66-25-21-42)30-50(32-51)45-11-9-13-47(29-45)55-34-53(39-69-41-55)43-22-26-67-27-23-43/h3-8,10-12,14-27,29-34,36-41,44,59H,9,13,28,35H2,1-2H3. The molecular weight excluding hydrogens is 851 g/mol. The average Bonchev–Trinajstić information content (AvgIpc) is 3.87. The zero-order valence-corrected chi connectivity index (χ0v) is 39.4. The summed E-state index contributed by atoms with van der Waals surface area (Å²) in [6.07, 6.45) is 35.6. The molecule has 0 radical (unpaired) electrons. The Morgan fingerprint density at radius 1 is 0.529 bits per heavy atom. The van der Waals surface area contributed by atoms with Crippen molar-refractivity contribution in [2.75, 3.05) is 4.90 Å². The zero-order chi connectivity index (χ0) is 46.8. The van der Waals surface area contributed by atoms with Gasteiger partial charge in [0.15, 0.2) is 0 Å². The Balaban J connectivity index is 0.906. The Kier molecular flexibility index (Phi) is 10.2. The topological polar surface area (TPSA) is 54.8 Å². The first-order valence-corrected chi connectivity index (χ1v) is 24.6. The van der Waals surface area contributed by atoms with E-state index < -0.39 is 0 Å². The number of rotatable bonds is 8. The maximum absolute atomic E-state index is 4.73. The average molecular weight is 902 g/mol. The second kappa shape index (κ2) is 17.0. The summed E-state index contributed by atoms with van der Waals surface area (Å²) in [6.45, 7) is 4.77. The molecule has 8 aromatic rings. The smallest absolute Gasteiger partial charge is 0.0501 e. The molecule has 5 heteroatoms. The van der Waals surface area contributed by atoms with Gasteiger partial charge in [-0.2, -0.15) is 0 Å². The van der Waals surface area contributed by atoms with E-state index in [-0.39, 0.29) is 17.3 Å². The molecule has 70 heavy (non-hydrogen) atoms. The van der Waals surface area contributed by atoms with Gasteiger partial charge in [0.1, 0.15) is 0 Å². The van der Waals surface area contributed by atoms with E-state index >= 15 is 0 Å². The van der Waals surface area contributed by atoms with Gasteiger partial charge >= 0.3 is 0 Å². The minimum Gasteiger partial charge on any atom is -0.313 e. The molecule has 2 atom stereocenters. The molecule has 2 unspecified atom stereocenters. The number of pyridine rings is 4. The highest BCUT2D eigenvalue weighted by molar-refractivity contribution is 5.91. The number of fused-ring (bicyclic) bond motifs is 6. The highest BCUT2D eigenvalue weighted by Gasteiger charge is 2.42. The lowest BCUT2D eigenvalue weighted by atomic mass is 9.79. The van der Waals surface area contributed by atoms with Crippen LogP contribution < -0.4 is 4.90 Å². The van der Waals surface area contributed by atoms with Gasteiger partial charge < -0.3 is 4.90 Å². The van der Waals surface area contributed by atoms with Crippen LogP contribution in [-0.2, 0) is 5.41 Å². The van der Waals surface area contributed by atoms with E-state index in [0.717, 1.165) is 59.1 Å². The lowest BCUT2D eigenvalue weighted by molar-refractivity contribution is 0.660. The van der Waals surface area contributed by atoms with Crippen LogP contribution in [-0.4, -0.2) is 19.9 Å². The molecule has 0 fully saturated rings. The SMILES string of the molecule is CC1(C)c2ccccc2-c2cc3c(cc21)N(c1ccccc1)C1=CC=C(c2cc(C4=CCCC(c5cncc(-c6ccncc6)c5)=C4)cc(C4C=CC=C(c5cncc(-c6ccncc6)c5)C4)c2)CC13. The summed E-state index contributed by atoms with van der Waals surface area (Å²) in [5.41, 5.74) is 26.5. The summed E-state index contributed by atoms with van der Waals surface area (Å²) in [4.78, 5) is 20.5. The lowest BCUT2D eigenvalue weighted by Crippen LogP contribution is -2.17. The van der Waals surface area contributed by atoms with E-state index in [9.17, 15) is 0 Å². The summed E-state index contributed by atoms with van der Waals surface area (Å²) in [5, 5.41) is 0. The Labute approximate surface area is 410 Å². The van der Waals surface area contributed by atoms with Crippen molar-refractivity contribution in [2.24, 2.45) is 0 Å². The van der Waals surface area contributed by atoms with Crippen molar-refractivity contribution in [3.05, 3.63) is 264 Å². The quantitative estimate of drug-likeness (QED) is 0.152. The van der Waals surface area contributed by atoms with Crippen LogP contribution in [0.3, 0.4) is 0 Å². The zero-order valence-electron chi connectivity index (χ0n) is 39.4. The van der Waals surface area contributed by atoms with Gasteiger partial charge in [-0.05, 0) is 188 Å². The third kappa shape index (κ3) is 7.32. The maximum Gasteiger partial charge on any atom is 0.0501 e. The first kappa shape index (κ1) is 41.9. The minimum absolute atomic E-state index is 0.0890. The van der Waals surface area contributed by atoms with E-state index in [1.807, 2.05) is 61.7 Å². The first-order valence-electron chi connectivity index (χ1n) is 24.6. The fourth-order valence-electron chi connectivity index (χ4n) is 11.7. The fourth-order valence-corrected chi connectivity index (χ4v) is 11.7. The third-order valence-electron chi connectivity index (χ3n) is 15.4. The Morgan fingerprint density at radius 2 is 1.19 bits per heavy atom. The van der Waals surface area contributed by atoms with Gasteiger partial charge in [0.2, 0.25) is 0 Å². The van der Waals surface area contributed by atoms with Gasteiger partial charge in [-0.15, -0.1) is 0 Å². The molecule has 4 aliphatic carbocycles. The van der Waals surface area contributed by atoms with Crippen LogP contribution in [0.1, 0.15) is 95.9 Å². The van der Waals surface area contributed by atoms with Gasteiger partial charge in [0.25, 0.3) is 0 Å². The van der Waals surface area contributed by atoms with Crippen LogP contribution in [0.2, 0.25) is 0 Å². The molecule has 4 aromatic carbocycles. The van der Waals surface area contributed by atoms with Crippen molar-refractivity contribution in [1.82, 2.24) is 19.9 Å². The molecule has 0 N–H and O–H groups in total. The van der Waals surface area contributed by atoms with E-state index in [0.29, 0.717) is 0 Å². The van der Waals surface area contributed by atoms with Gasteiger partial charge in [-0.1, -0.05) is 105 Å². The largest absolute Gasteiger partial charge is 0.313 e. The van der Waals surface area contributed by atoms with Crippen LogP contribution in [0.5, 0.6) is 0 Å². The molecule has 5 aliphatic rings. The Morgan fingerprint density at radius 3 is 1.94 bits per heavy atom. The summed E-state index contributed by atoms with van der Waals surface area (Å²) < 4.78 is 0. The molecule has 1 aliphatic heterocycles. The van der Waals surface area contributed by atoms with Crippen molar-refractivity contribution in [3.63, 3.8) is 0 Å². The molecule has 5 nitrogen and oxygen atoms in total. The van der Waals surface area contributed by atoms with Gasteiger partial charge in [-0.3, -0.25) is 19.9 Å². The number of hydrogen-bond acceptors (Lipinski definition) is 5. The summed E-state index contributed by atoms with van der Waals surface area (Å²) >= 11 is 0. The van der Waals surface area contributed by atoms with Crippen LogP contribution in [0.15, 0.2) is 219 Å². The van der Waals surface area contributed by atoms with Gasteiger partial charge in [-0.25, -0.2) is 0 Å². The second-order valence-corrected chi connectivity index (χ2v) is 19.8. The predicted molar refractivity (Wildman–Crippen MR) is 287 cm³/mol. The molecule has 0 saturated carbocycles. The van der Waals surface area contributed by atoms with Crippen LogP contribution in [0, 0.1) is 0 Å². The number of allylic oxidation sites excluding steroid dienone is 12. The minimum atomic E-state index is -0.0890. The first-order chi connectivity index (χ1) is 34.4. The Hall–Kier alpha value is -8.28. The van der Waals surface area contributed by atoms with E-state index in [2.05, 4.69) is 180 Å². The van der Waals surface area contributed by atoms with Gasteiger partial charge in [0.05, 0.1) is 5.69 Å². The molecule has 0 spiro atoms. The van der Waals surface area contributed by atoms with Gasteiger partial charge in [0, 0.05) is 89.3 Å². The van der Waals surface area contributed by atoms with Crippen LogP contribution in [0.4, 0.5) is 11.4 Å². The third-order valence-corrected chi connectivity index (χ3v) is 15.4. The summed E-state index contributed by atoms with van der Waals surface area (Å²) in [5.74, 6) is 0.382. The van der Waals surface area contributed by atoms with E-state index in [1.165, 1.54) is 83.9 Å². The molecule has 0 saturated heterocycles. The summed E-state index contributed by atoms with van der Waals surface area (Å²) in [7, 11) is 0. The summed E-state index contributed by atoms with van der Waals surface area (Å²) in [6, 6.07) is 45.2. The number of para-hydroxylation sites is 1. The monoisotopic (exact) mass is 901 g/mol. The Bertz CT molecular complexity index is 3570. The molecule has 336 valence electrons. The maximum atomic E-state index is 4.73. The second-order valence-electron chi connectivity index (χ2n) is 19.8. The lowest BCUT2D eigenvalue weighted by Gasteiger charge is -2.28. The van der Waals surface area contributed by atoms with Crippen molar-refractivity contribution in [1.29, 1.82) is 0 Å². The van der Waals surface area contributed by atoms with E-state index in [4.69, 9.17) is 9.97 Å². The van der Waals surface area contributed by atoms with E-state index in [1.54, 1.807) is 0 Å². The normalized spacial score (nSPS) is 18.4. The molecule has 5 heterocycles. The molecule has 0 bridgehead atoms. The molecule has 4 aromatic heterocycles. The number of hydrogen-bond donors (Lipinski definition) is 0. The number of aromatic nitrogens is 4. The predicted octanol–water partition coefficient (Wildman–Crippen LogP) is 15.9. The number of nitrogens with zero attached hydrogens (tertiary/aromatic N) is 5. The van der Waals surface area contributed by atoms with Crippen molar-refractivity contribution >= 4 is 33.7 Å². The number of anilines is 2. The molecule has 13 rings (SSSR count). The highest BCUT2D eigenvalue weighted by Crippen LogP contribution is 2.58. The van der Waals surface area contributed by atoms with Crippen LogP contribution >= 0.6 is 0 Å². The number of benzene rings is 4. The van der Waals surface area contributed by atoms with Crippen molar-refractivity contribution in [3.8, 4) is 33.4 Å².